The highest BCUT2D eigenvalue weighted by molar-refractivity contribution is 6.35. The fourth-order valence-electron chi connectivity index (χ4n) is 3.18. The van der Waals surface area contributed by atoms with E-state index < -0.39 is 0 Å². The molecule has 134 valence electrons. The summed E-state index contributed by atoms with van der Waals surface area (Å²) in [7, 11) is 0. The maximum absolute atomic E-state index is 11.2. The molecule has 2 heterocycles. The Labute approximate surface area is 160 Å². The molecule has 2 N–H and O–H groups in total. The van der Waals surface area contributed by atoms with Gasteiger partial charge in [-0.05, 0) is 42.5 Å². The molecule has 0 bridgehead atoms. The number of H-pyrrole nitrogens is 2. The van der Waals surface area contributed by atoms with Gasteiger partial charge >= 0.3 is 5.69 Å². The van der Waals surface area contributed by atoms with E-state index >= 15 is 0 Å². The summed E-state index contributed by atoms with van der Waals surface area (Å²) < 4.78 is 0. The molecule has 0 radical (unpaired) electrons. The molecule has 3 aromatic rings. The summed E-state index contributed by atoms with van der Waals surface area (Å²) in [5, 5.41) is 7.64. The number of halogens is 2. The first kappa shape index (κ1) is 17.0. The van der Waals surface area contributed by atoms with Gasteiger partial charge < -0.3 is 9.80 Å². The Morgan fingerprint density at radius 2 is 1.42 bits per heavy atom. The van der Waals surface area contributed by atoms with Crippen molar-refractivity contribution in [2.45, 2.75) is 0 Å². The minimum Gasteiger partial charge on any atom is -0.368 e. The van der Waals surface area contributed by atoms with Crippen molar-refractivity contribution < 1.29 is 0 Å². The average Bonchev–Trinajstić information content (AvgIpc) is 3.08. The van der Waals surface area contributed by atoms with Crippen LogP contribution in [0.1, 0.15) is 0 Å². The lowest BCUT2D eigenvalue weighted by Gasteiger charge is -2.37. The second-order valence-electron chi connectivity index (χ2n) is 6.17. The smallest absolute Gasteiger partial charge is 0.340 e. The molecule has 8 heteroatoms. The standard InChI is InChI=1S/C18H17Cl2N5O/c19-13-9-14(20)11-16(10-13)25-7-5-24(6-8-25)15-3-1-12(2-4-15)17-21-18(26)23-22-17/h1-4,9-11H,5-8H2,(H2,21,22,23,26). The third-order valence-electron chi connectivity index (χ3n) is 4.50. The van der Waals surface area contributed by atoms with Crippen molar-refractivity contribution in [2.75, 3.05) is 36.0 Å². The van der Waals surface area contributed by atoms with E-state index in [4.69, 9.17) is 23.2 Å². The highest BCUT2D eigenvalue weighted by Gasteiger charge is 2.18. The molecule has 1 aromatic heterocycles. The minimum atomic E-state index is -0.304. The molecule has 1 aliphatic rings. The molecule has 2 aromatic carbocycles. The average molecular weight is 390 g/mol. The summed E-state index contributed by atoms with van der Waals surface area (Å²) in [5.41, 5.74) is 2.77. The van der Waals surface area contributed by atoms with Gasteiger partial charge in [-0.1, -0.05) is 23.2 Å². The van der Waals surface area contributed by atoms with Gasteiger partial charge in [0.05, 0.1) is 0 Å². The van der Waals surface area contributed by atoms with Crippen LogP contribution in [0.3, 0.4) is 0 Å². The number of hydrogen-bond donors (Lipinski definition) is 2. The lowest BCUT2D eigenvalue weighted by molar-refractivity contribution is 0.653. The number of anilines is 2. The number of piperazine rings is 1. The van der Waals surface area contributed by atoms with Crippen LogP contribution in [0.4, 0.5) is 11.4 Å². The first-order valence-corrected chi connectivity index (χ1v) is 9.05. The summed E-state index contributed by atoms with van der Waals surface area (Å²) in [4.78, 5) is 18.4. The second-order valence-corrected chi connectivity index (χ2v) is 7.05. The van der Waals surface area contributed by atoms with Gasteiger partial charge in [-0.25, -0.2) is 9.89 Å². The minimum absolute atomic E-state index is 0.304. The van der Waals surface area contributed by atoms with E-state index in [1.807, 2.05) is 36.4 Å². The predicted octanol–water partition coefficient (Wildman–Crippen LogP) is 3.40. The van der Waals surface area contributed by atoms with E-state index in [0.717, 1.165) is 43.1 Å². The molecule has 6 nitrogen and oxygen atoms in total. The highest BCUT2D eigenvalue weighted by Crippen LogP contribution is 2.27. The monoisotopic (exact) mass is 389 g/mol. The molecule has 1 fully saturated rings. The first-order chi connectivity index (χ1) is 12.6. The van der Waals surface area contributed by atoms with Crippen LogP contribution in [0.25, 0.3) is 11.4 Å². The molecule has 0 unspecified atom stereocenters. The molecule has 0 saturated carbocycles. The third-order valence-corrected chi connectivity index (χ3v) is 4.94. The number of nitrogens with one attached hydrogen (secondary N) is 2. The molecule has 26 heavy (non-hydrogen) atoms. The molecule has 0 atom stereocenters. The van der Waals surface area contributed by atoms with Gasteiger partial charge in [-0.2, -0.15) is 5.10 Å². The Hall–Kier alpha value is -2.44. The van der Waals surface area contributed by atoms with E-state index in [1.54, 1.807) is 6.07 Å². The van der Waals surface area contributed by atoms with E-state index in [0.29, 0.717) is 15.9 Å². The van der Waals surface area contributed by atoms with Crippen LogP contribution in [0.15, 0.2) is 47.3 Å². The van der Waals surface area contributed by atoms with E-state index in [1.165, 1.54) is 0 Å². The molecule has 4 rings (SSSR count). The van der Waals surface area contributed by atoms with Gasteiger partial charge in [0.2, 0.25) is 0 Å². The Morgan fingerprint density at radius 3 is 1.96 bits per heavy atom. The zero-order valence-electron chi connectivity index (χ0n) is 13.9. The molecule has 1 aliphatic heterocycles. The van der Waals surface area contributed by atoms with Gasteiger partial charge in [0, 0.05) is 53.2 Å². The number of aromatic nitrogens is 3. The number of hydrogen-bond acceptors (Lipinski definition) is 4. The number of aromatic amines is 2. The Morgan fingerprint density at radius 1 is 0.846 bits per heavy atom. The highest BCUT2D eigenvalue weighted by atomic mass is 35.5. The van der Waals surface area contributed by atoms with Gasteiger partial charge in [-0.15, -0.1) is 0 Å². The number of rotatable bonds is 3. The van der Waals surface area contributed by atoms with Crippen LogP contribution in [0, 0.1) is 0 Å². The lowest BCUT2D eigenvalue weighted by atomic mass is 10.1. The fourth-order valence-corrected chi connectivity index (χ4v) is 3.70. The van der Waals surface area contributed by atoms with Crippen LogP contribution in [-0.4, -0.2) is 41.4 Å². The zero-order chi connectivity index (χ0) is 18.1. The van der Waals surface area contributed by atoms with E-state index in [-0.39, 0.29) is 5.69 Å². The van der Waals surface area contributed by atoms with Gasteiger partial charge in [0.15, 0.2) is 5.82 Å². The Kier molecular flexibility index (Phi) is 4.61. The Bertz CT molecular complexity index is 938. The summed E-state index contributed by atoms with van der Waals surface area (Å²) in [6.07, 6.45) is 0. The van der Waals surface area contributed by atoms with Crippen molar-refractivity contribution in [3.63, 3.8) is 0 Å². The Balaban J connectivity index is 1.43. The van der Waals surface area contributed by atoms with Crippen molar-refractivity contribution in [3.8, 4) is 11.4 Å². The largest absolute Gasteiger partial charge is 0.368 e. The third kappa shape index (κ3) is 3.57. The SMILES string of the molecule is O=c1[nH]nc(-c2ccc(N3CCN(c4cc(Cl)cc(Cl)c4)CC3)cc2)[nH]1. The van der Waals surface area contributed by atoms with Crippen LogP contribution in [0.5, 0.6) is 0 Å². The summed E-state index contributed by atoms with van der Waals surface area (Å²) in [5.74, 6) is 0.546. The normalized spacial score (nSPS) is 14.7. The topological polar surface area (TPSA) is 68.0 Å². The maximum Gasteiger partial charge on any atom is 0.340 e. The lowest BCUT2D eigenvalue weighted by Crippen LogP contribution is -2.46. The van der Waals surface area contributed by atoms with Crippen LogP contribution in [0.2, 0.25) is 10.0 Å². The van der Waals surface area contributed by atoms with Gasteiger partial charge in [-0.3, -0.25) is 4.98 Å². The molecule has 1 saturated heterocycles. The molecular weight excluding hydrogens is 373 g/mol. The fraction of sp³-hybridized carbons (Fsp3) is 0.222. The quantitative estimate of drug-likeness (QED) is 0.720. The number of nitrogens with zero attached hydrogens (tertiary/aromatic N) is 3. The maximum atomic E-state index is 11.2. The molecule has 0 spiro atoms. The predicted molar refractivity (Wildman–Crippen MR) is 106 cm³/mol. The van der Waals surface area contributed by atoms with E-state index in [2.05, 4.69) is 25.0 Å². The second kappa shape index (κ2) is 7.05. The summed E-state index contributed by atoms with van der Waals surface area (Å²) in [6.45, 7) is 3.60. The van der Waals surface area contributed by atoms with Crippen molar-refractivity contribution >= 4 is 34.6 Å². The van der Waals surface area contributed by atoms with Crippen molar-refractivity contribution in [3.05, 3.63) is 63.0 Å². The van der Waals surface area contributed by atoms with Crippen LogP contribution >= 0.6 is 23.2 Å². The van der Waals surface area contributed by atoms with Crippen LogP contribution in [-0.2, 0) is 0 Å². The van der Waals surface area contributed by atoms with Gasteiger partial charge in [0.25, 0.3) is 0 Å². The first-order valence-electron chi connectivity index (χ1n) is 8.29. The van der Waals surface area contributed by atoms with Crippen molar-refractivity contribution in [1.82, 2.24) is 15.2 Å². The molecule has 0 aliphatic carbocycles. The van der Waals surface area contributed by atoms with Crippen molar-refractivity contribution in [1.29, 1.82) is 0 Å². The number of benzene rings is 2. The summed E-state index contributed by atoms with van der Waals surface area (Å²) in [6, 6.07) is 13.7. The van der Waals surface area contributed by atoms with E-state index in [9.17, 15) is 4.79 Å². The van der Waals surface area contributed by atoms with Crippen LogP contribution < -0.4 is 15.5 Å². The van der Waals surface area contributed by atoms with Gasteiger partial charge in [0.1, 0.15) is 0 Å². The molecule has 0 amide bonds. The molecular formula is C18H17Cl2N5O. The van der Waals surface area contributed by atoms with Crippen molar-refractivity contribution in [2.24, 2.45) is 0 Å². The summed E-state index contributed by atoms with van der Waals surface area (Å²) >= 11 is 12.2. The zero-order valence-corrected chi connectivity index (χ0v) is 15.4.